The molecule has 0 aliphatic carbocycles. The predicted octanol–water partition coefficient (Wildman–Crippen LogP) is 3.10. The molecule has 1 heterocycles. The van der Waals surface area contributed by atoms with Crippen molar-refractivity contribution in [2.75, 3.05) is 20.1 Å². The first-order valence-corrected chi connectivity index (χ1v) is 6.68. The molecular weight excluding hydrogens is 200 g/mol. The van der Waals surface area contributed by atoms with Crippen molar-refractivity contribution in [1.82, 2.24) is 9.80 Å². The van der Waals surface area contributed by atoms with Crippen molar-refractivity contribution in [2.24, 2.45) is 0 Å². The van der Waals surface area contributed by atoms with Crippen molar-refractivity contribution in [3.05, 3.63) is 0 Å². The molecule has 1 atom stereocenters. The fourth-order valence-corrected chi connectivity index (χ4v) is 2.36. The van der Waals surface area contributed by atoms with Crippen LogP contribution in [0.4, 0.5) is 4.79 Å². The van der Waals surface area contributed by atoms with Crippen molar-refractivity contribution in [2.45, 2.75) is 58.4 Å². The summed E-state index contributed by atoms with van der Waals surface area (Å²) in [6.07, 6.45) is 7.74. The monoisotopic (exact) mass is 226 g/mol. The minimum atomic E-state index is 0.209. The zero-order valence-electron chi connectivity index (χ0n) is 11.0. The van der Waals surface area contributed by atoms with Crippen LogP contribution in [0.1, 0.15) is 52.4 Å². The van der Waals surface area contributed by atoms with Crippen LogP contribution >= 0.6 is 0 Å². The van der Waals surface area contributed by atoms with Gasteiger partial charge in [0.15, 0.2) is 0 Å². The molecule has 1 aliphatic heterocycles. The van der Waals surface area contributed by atoms with Gasteiger partial charge >= 0.3 is 6.03 Å². The molecule has 1 aliphatic rings. The molecule has 16 heavy (non-hydrogen) atoms. The van der Waals surface area contributed by atoms with Gasteiger partial charge in [-0.1, -0.05) is 39.0 Å². The molecule has 0 aromatic carbocycles. The van der Waals surface area contributed by atoms with Crippen molar-refractivity contribution in [3.63, 3.8) is 0 Å². The highest BCUT2D eigenvalue weighted by molar-refractivity contribution is 5.76. The maximum absolute atomic E-state index is 11.7. The van der Waals surface area contributed by atoms with E-state index in [0.29, 0.717) is 6.04 Å². The molecule has 1 saturated heterocycles. The highest BCUT2D eigenvalue weighted by atomic mass is 16.2. The number of nitrogens with zero attached hydrogens (tertiary/aromatic N) is 2. The Hall–Kier alpha value is -0.730. The number of hydrogen-bond donors (Lipinski definition) is 0. The van der Waals surface area contributed by atoms with Gasteiger partial charge in [-0.15, -0.1) is 0 Å². The lowest BCUT2D eigenvalue weighted by Crippen LogP contribution is -2.33. The van der Waals surface area contributed by atoms with Crippen LogP contribution < -0.4 is 0 Å². The van der Waals surface area contributed by atoms with E-state index in [1.54, 1.807) is 0 Å². The van der Waals surface area contributed by atoms with Crippen LogP contribution in [0.15, 0.2) is 0 Å². The average Bonchev–Trinajstić information content (AvgIpc) is 2.49. The van der Waals surface area contributed by atoms with E-state index in [9.17, 15) is 4.79 Å². The molecule has 0 bridgehead atoms. The van der Waals surface area contributed by atoms with Crippen LogP contribution in [0.25, 0.3) is 0 Å². The molecule has 94 valence electrons. The summed E-state index contributed by atoms with van der Waals surface area (Å²) >= 11 is 0. The summed E-state index contributed by atoms with van der Waals surface area (Å²) in [5, 5.41) is 0. The second kappa shape index (κ2) is 6.77. The van der Waals surface area contributed by atoms with E-state index in [1.807, 2.05) is 16.8 Å². The van der Waals surface area contributed by atoms with Gasteiger partial charge < -0.3 is 9.80 Å². The Kier molecular flexibility index (Phi) is 5.64. The molecule has 0 spiro atoms. The Balaban J connectivity index is 2.10. The van der Waals surface area contributed by atoms with E-state index in [1.165, 1.54) is 32.1 Å². The minimum Gasteiger partial charge on any atom is -0.326 e. The molecule has 3 nitrogen and oxygen atoms in total. The Bertz CT molecular complexity index is 218. The molecule has 3 heteroatoms. The maximum atomic E-state index is 11.7. The van der Waals surface area contributed by atoms with E-state index >= 15 is 0 Å². The van der Waals surface area contributed by atoms with Crippen molar-refractivity contribution < 1.29 is 4.79 Å². The summed E-state index contributed by atoms with van der Waals surface area (Å²) in [5.74, 6) is 0. The normalized spacial score (nSPS) is 20.9. The number of carbonyl (C=O) groups is 1. The maximum Gasteiger partial charge on any atom is 0.320 e. The second-order valence-corrected chi connectivity index (χ2v) is 4.97. The van der Waals surface area contributed by atoms with Crippen LogP contribution in [-0.4, -0.2) is 42.0 Å². The lowest BCUT2D eigenvalue weighted by Gasteiger charge is -2.19. The van der Waals surface area contributed by atoms with E-state index in [4.69, 9.17) is 0 Å². The summed E-state index contributed by atoms with van der Waals surface area (Å²) in [6, 6.07) is 0.606. The third-order valence-electron chi connectivity index (χ3n) is 3.39. The smallest absolute Gasteiger partial charge is 0.320 e. The van der Waals surface area contributed by atoms with Gasteiger partial charge in [0.2, 0.25) is 0 Å². The third-order valence-corrected chi connectivity index (χ3v) is 3.39. The van der Waals surface area contributed by atoms with Crippen LogP contribution in [0.5, 0.6) is 0 Å². The number of carbonyl (C=O) groups excluding carboxylic acids is 1. The summed E-state index contributed by atoms with van der Waals surface area (Å²) in [5.41, 5.74) is 0. The van der Waals surface area contributed by atoms with Crippen LogP contribution in [0, 0.1) is 0 Å². The molecule has 0 N–H and O–H groups in total. The van der Waals surface area contributed by atoms with Gasteiger partial charge in [-0.2, -0.15) is 0 Å². The molecule has 0 saturated carbocycles. The Morgan fingerprint density at radius 3 is 2.38 bits per heavy atom. The molecule has 0 aromatic heterocycles. The van der Waals surface area contributed by atoms with Gasteiger partial charge in [-0.3, -0.25) is 0 Å². The first-order chi connectivity index (χ1) is 7.66. The van der Waals surface area contributed by atoms with E-state index < -0.39 is 0 Å². The van der Waals surface area contributed by atoms with Gasteiger partial charge in [0.05, 0.1) is 0 Å². The van der Waals surface area contributed by atoms with E-state index in [2.05, 4.69) is 13.8 Å². The summed E-state index contributed by atoms with van der Waals surface area (Å²) in [4.78, 5) is 15.6. The number of likely N-dealkylation sites (N-methyl/N-ethyl adjacent to an activating group) is 1. The van der Waals surface area contributed by atoms with Crippen LogP contribution in [0.3, 0.4) is 0 Å². The number of hydrogen-bond acceptors (Lipinski definition) is 1. The Morgan fingerprint density at radius 2 is 1.81 bits per heavy atom. The molecule has 0 aromatic rings. The topological polar surface area (TPSA) is 23.6 Å². The Morgan fingerprint density at radius 1 is 1.19 bits per heavy atom. The number of urea groups is 1. The molecule has 0 radical (unpaired) electrons. The number of rotatable bonds is 7. The summed E-state index contributed by atoms with van der Waals surface area (Å²) in [7, 11) is 1.89. The molecular formula is C13H26N2O. The largest absolute Gasteiger partial charge is 0.326 e. The lowest BCUT2D eigenvalue weighted by atomic mass is 10.1. The zero-order valence-corrected chi connectivity index (χ0v) is 11.0. The summed E-state index contributed by atoms with van der Waals surface area (Å²) in [6.45, 7) is 6.20. The van der Waals surface area contributed by atoms with Gasteiger partial charge in [0.1, 0.15) is 0 Å². The third kappa shape index (κ3) is 3.69. The first-order valence-electron chi connectivity index (χ1n) is 6.68. The number of amides is 2. The molecule has 2 amide bonds. The Labute approximate surface area is 99.8 Å². The van der Waals surface area contributed by atoms with E-state index in [0.717, 1.165) is 19.5 Å². The SMILES string of the molecule is CCCCCCCCN1C(=O)N(C)CC1C. The van der Waals surface area contributed by atoms with Gasteiger partial charge in [-0.05, 0) is 13.3 Å². The lowest BCUT2D eigenvalue weighted by molar-refractivity contribution is 0.191. The molecule has 1 rings (SSSR count). The van der Waals surface area contributed by atoms with Gasteiger partial charge in [0.25, 0.3) is 0 Å². The molecule has 1 unspecified atom stereocenters. The predicted molar refractivity (Wildman–Crippen MR) is 67.6 cm³/mol. The molecule has 1 fully saturated rings. The van der Waals surface area contributed by atoms with Crippen molar-refractivity contribution >= 4 is 6.03 Å². The zero-order chi connectivity index (χ0) is 12.0. The van der Waals surface area contributed by atoms with Crippen LogP contribution in [-0.2, 0) is 0 Å². The average molecular weight is 226 g/mol. The fraction of sp³-hybridized carbons (Fsp3) is 0.923. The summed E-state index contributed by atoms with van der Waals surface area (Å²) < 4.78 is 0. The highest BCUT2D eigenvalue weighted by Crippen LogP contribution is 2.15. The van der Waals surface area contributed by atoms with Gasteiger partial charge in [0, 0.05) is 26.2 Å². The van der Waals surface area contributed by atoms with Crippen molar-refractivity contribution in [1.29, 1.82) is 0 Å². The highest BCUT2D eigenvalue weighted by Gasteiger charge is 2.30. The van der Waals surface area contributed by atoms with Gasteiger partial charge in [-0.25, -0.2) is 4.79 Å². The fourth-order valence-electron chi connectivity index (χ4n) is 2.36. The standard InChI is InChI=1S/C13H26N2O/c1-4-5-6-7-8-9-10-15-12(2)11-14(3)13(15)16/h12H,4-11H2,1-3H3. The van der Waals surface area contributed by atoms with E-state index in [-0.39, 0.29) is 6.03 Å². The second-order valence-electron chi connectivity index (χ2n) is 4.97. The number of unbranched alkanes of at least 4 members (excludes halogenated alkanes) is 5. The first kappa shape index (κ1) is 13.3. The van der Waals surface area contributed by atoms with Crippen molar-refractivity contribution in [3.8, 4) is 0 Å². The quantitative estimate of drug-likeness (QED) is 0.612. The minimum absolute atomic E-state index is 0.209. The van der Waals surface area contributed by atoms with Crippen LogP contribution in [0.2, 0.25) is 0 Å².